The van der Waals surface area contributed by atoms with Crippen molar-refractivity contribution in [2.45, 2.75) is 33.1 Å². The number of phenols is 4. The zero-order chi connectivity index (χ0) is 29.9. The van der Waals surface area contributed by atoms with Gasteiger partial charge in [-0.1, -0.05) is 24.3 Å². The molecule has 0 saturated heterocycles. The third-order valence-electron chi connectivity index (χ3n) is 6.90. The van der Waals surface area contributed by atoms with Gasteiger partial charge in [0.15, 0.2) is 0 Å². The summed E-state index contributed by atoms with van der Waals surface area (Å²) in [5, 5.41) is 40.6. The molecule has 0 fully saturated rings. The molecule has 8 nitrogen and oxygen atoms in total. The molecular formula is C33H32O8. The van der Waals surface area contributed by atoms with Gasteiger partial charge in [-0.15, -0.1) is 0 Å². The van der Waals surface area contributed by atoms with Crippen LogP contribution in [0.2, 0.25) is 0 Å². The number of ether oxygens (including phenoxy) is 2. The lowest BCUT2D eigenvalue weighted by Gasteiger charge is -2.30. The zero-order valence-electron chi connectivity index (χ0n) is 23.3. The van der Waals surface area contributed by atoms with Crippen molar-refractivity contribution >= 4 is 11.9 Å². The molecule has 2 aliphatic rings. The monoisotopic (exact) mass is 556 g/mol. The van der Waals surface area contributed by atoms with E-state index in [1.807, 2.05) is 24.3 Å². The molecular weight excluding hydrogens is 524 g/mol. The van der Waals surface area contributed by atoms with Crippen molar-refractivity contribution in [3.8, 4) is 45.3 Å². The summed E-state index contributed by atoms with van der Waals surface area (Å²) in [6.07, 6.45) is 0. The third-order valence-corrected chi connectivity index (χ3v) is 6.90. The van der Waals surface area contributed by atoms with Gasteiger partial charge in [0, 0.05) is 13.8 Å². The summed E-state index contributed by atoms with van der Waals surface area (Å²) >= 11 is 0. The van der Waals surface area contributed by atoms with E-state index in [-0.39, 0.29) is 34.9 Å². The molecule has 0 radical (unpaired) electrons. The van der Waals surface area contributed by atoms with Crippen LogP contribution in [-0.2, 0) is 24.5 Å². The summed E-state index contributed by atoms with van der Waals surface area (Å²) in [5.41, 5.74) is 6.75. The first-order chi connectivity index (χ1) is 19.5. The molecule has 0 heterocycles. The molecule has 8 heteroatoms. The summed E-state index contributed by atoms with van der Waals surface area (Å²) in [6.45, 7) is 7.31. The first-order valence-corrected chi connectivity index (χ1v) is 13.2. The Morgan fingerprint density at radius 2 is 0.780 bits per heavy atom. The van der Waals surface area contributed by atoms with Crippen LogP contribution in [0.15, 0.2) is 72.8 Å². The predicted molar refractivity (Wildman–Crippen MR) is 154 cm³/mol. The van der Waals surface area contributed by atoms with Gasteiger partial charge >= 0.3 is 11.9 Å². The molecule has 212 valence electrons. The molecule has 6 rings (SSSR count). The number of hydrogen-bond acceptors (Lipinski definition) is 8. The van der Waals surface area contributed by atoms with Crippen LogP contribution in [0, 0.1) is 0 Å². The largest absolute Gasteiger partial charge is 0.508 e. The maximum Gasteiger partial charge on any atom is 0.302 e. The molecule has 4 N–H and O–H groups in total. The maximum absolute atomic E-state index is 10.2. The fourth-order valence-corrected chi connectivity index (χ4v) is 5.61. The van der Waals surface area contributed by atoms with E-state index < -0.39 is 5.41 Å². The fraction of sp³-hybridized carbons (Fsp3) is 0.212. The van der Waals surface area contributed by atoms with E-state index >= 15 is 0 Å². The number of carbonyl (C=O) groups is 2. The minimum absolute atomic E-state index is 0.157. The highest BCUT2D eigenvalue weighted by Gasteiger charge is 2.52. The van der Waals surface area contributed by atoms with Gasteiger partial charge in [0.25, 0.3) is 0 Å². The molecule has 0 aliphatic heterocycles. The topological polar surface area (TPSA) is 134 Å². The van der Waals surface area contributed by atoms with Crippen LogP contribution in [0.3, 0.4) is 0 Å². The number of aromatic hydroxyl groups is 4. The van der Waals surface area contributed by atoms with Gasteiger partial charge in [-0.05, 0) is 107 Å². The Bertz CT molecular complexity index is 1390. The van der Waals surface area contributed by atoms with E-state index in [2.05, 4.69) is 9.47 Å². The smallest absolute Gasteiger partial charge is 0.302 e. The zero-order valence-corrected chi connectivity index (χ0v) is 23.3. The summed E-state index contributed by atoms with van der Waals surface area (Å²) < 4.78 is 8.81. The standard InChI is InChI=1S/C25H16O4.2C4H8O2/c26-13-1-5-21-17(9-13)18-10-14(27)2-6-22(18)25(21)23-7-3-15(28)11-19(23)20-12-16(29)4-8-24(20)25;2*1-3-6-4(2)5/h1-12,26-29H;2*3H2,1-2H3. The minimum Gasteiger partial charge on any atom is -0.508 e. The number of benzene rings is 4. The SMILES string of the molecule is CCOC(C)=O.CCOC(C)=O.Oc1ccc2c(c1)-c1cc(O)ccc1C21c2ccc(O)cc2-c2cc(O)ccc21. The Labute approximate surface area is 238 Å². The number of hydrogen-bond donors (Lipinski definition) is 4. The van der Waals surface area contributed by atoms with Crippen LogP contribution in [0.25, 0.3) is 22.3 Å². The molecule has 4 aromatic carbocycles. The molecule has 1 spiro atoms. The van der Waals surface area contributed by atoms with E-state index in [1.54, 1.807) is 62.4 Å². The van der Waals surface area contributed by atoms with E-state index in [0.717, 1.165) is 44.5 Å². The second-order valence-corrected chi connectivity index (χ2v) is 9.52. The van der Waals surface area contributed by atoms with Crippen LogP contribution in [0.1, 0.15) is 49.9 Å². The van der Waals surface area contributed by atoms with E-state index in [1.165, 1.54) is 13.8 Å². The van der Waals surface area contributed by atoms with E-state index in [9.17, 15) is 30.0 Å². The van der Waals surface area contributed by atoms with E-state index in [4.69, 9.17) is 0 Å². The van der Waals surface area contributed by atoms with Crippen molar-refractivity contribution in [3.63, 3.8) is 0 Å². The number of esters is 2. The van der Waals surface area contributed by atoms with Crippen molar-refractivity contribution in [2.75, 3.05) is 13.2 Å². The first-order valence-electron chi connectivity index (χ1n) is 13.2. The van der Waals surface area contributed by atoms with Gasteiger partial charge in [0.05, 0.1) is 18.6 Å². The Hall–Kier alpha value is -4.98. The second-order valence-electron chi connectivity index (χ2n) is 9.52. The van der Waals surface area contributed by atoms with Crippen LogP contribution >= 0.6 is 0 Å². The van der Waals surface area contributed by atoms with Gasteiger partial charge in [0.1, 0.15) is 23.0 Å². The quantitative estimate of drug-likeness (QED) is 0.191. The van der Waals surface area contributed by atoms with Crippen LogP contribution in [0.4, 0.5) is 0 Å². The van der Waals surface area contributed by atoms with Crippen molar-refractivity contribution in [1.82, 2.24) is 0 Å². The van der Waals surface area contributed by atoms with Crippen LogP contribution in [0.5, 0.6) is 23.0 Å². The molecule has 0 atom stereocenters. The summed E-state index contributed by atoms with van der Waals surface area (Å²) in [7, 11) is 0. The van der Waals surface area contributed by atoms with Crippen molar-refractivity contribution < 1.29 is 39.5 Å². The Kier molecular flexibility index (Phi) is 8.23. The van der Waals surface area contributed by atoms with Gasteiger partial charge < -0.3 is 29.9 Å². The number of phenolic OH excluding ortho intramolecular Hbond substituents is 4. The highest BCUT2D eigenvalue weighted by molar-refractivity contribution is 5.96. The van der Waals surface area contributed by atoms with Crippen molar-refractivity contribution in [1.29, 1.82) is 0 Å². The predicted octanol–water partition coefficient (Wildman–Crippen LogP) is 5.99. The van der Waals surface area contributed by atoms with Gasteiger partial charge in [-0.2, -0.15) is 0 Å². The number of fused-ring (bicyclic) bond motifs is 10. The van der Waals surface area contributed by atoms with Crippen molar-refractivity contribution in [2.24, 2.45) is 0 Å². The summed E-state index contributed by atoms with van der Waals surface area (Å²) in [6, 6.07) is 21.2. The highest BCUT2D eigenvalue weighted by atomic mass is 16.5. The lowest BCUT2D eigenvalue weighted by Crippen LogP contribution is -2.25. The Balaban J connectivity index is 0.000000274. The molecule has 2 aliphatic carbocycles. The van der Waals surface area contributed by atoms with Crippen LogP contribution in [-0.4, -0.2) is 45.6 Å². The molecule has 0 bridgehead atoms. The Morgan fingerprint density at radius 3 is 0.951 bits per heavy atom. The van der Waals surface area contributed by atoms with Gasteiger partial charge in [-0.3, -0.25) is 9.59 Å². The summed E-state index contributed by atoms with van der Waals surface area (Å²) in [4.78, 5) is 19.6. The average molecular weight is 557 g/mol. The van der Waals surface area contributed by atoms with Gasteiger partial charge in [0.2, 0.25) is 0 Å². The molecule has 0 saturated carbocycles. The molecule has 4 aromatic rings. The third kappa shape index (κ3) is 5.28. The average Bonchev–Trinajstić information content (AvgIpc) is 3.34. The number of carbonyl (C=O) groups excluding carboxylic acids is 2. The Morgan fingerprint density at radius 1 is 0.537 bits per heavy atom. The fourth-order valence-electron chi connectivity index (χ4n) is 5.61. The van der Waals surface area contributed by atoms with E-state index in [0.29, 0.717) is 13.2 Å². The maximum atomic E-state index is 10.2. The van der Waals surface area contributed by atoms with Crippen LogP contribution < -0.4 is 0 Å². The molecule has 0 amide bonds. The van der Waals surface area contributed by atoms with Gasteiger partial charge in [-0.25, -0.2) is 0 Å². The number of rotatable bonds is 2. The highest BCUT2D eigenvalue weighted by Crippen LogP contribution is 2.63. The molecule has 41 heavy (non-hydrogen) atoms. The molecule has 0 unspecified atom stereocenters. The molecule has 0 aromatic heterocycles. The lowest BCUT2D eigenvalue weighted by molar-refractivity contribution is -0.141. The normalized spacial score (nSPS) is 12.4. The summed E-state index contributed by atoms with van der Waals surface area (Å²) in [5.74, 6) is 0.208. The lowest BCUT2D eigenvalue weighted by atomic mass is 9.70. The van der Waals surface area contributed by atoms with Crippen molar-refractivity contribution in [3.05, 3.63) is 95.1 Å². The minimum atomic E-state index is -0.655. The second kappa shape index (κ2) is 11.6. The first kappa shape index (κ1) is 29.0.